The molecule has 4 aromatic rings. The number of fused-ring (bicyclic) bond motifs is 2. The van der Waals surface area contributed by atoms with Gasteiger partial charge >= 0.3 is 0 Å². The maximum atomic E-state index is 5.89. The van der Waals surface area contributed by atoms with Gasteiger partial charge in [-0.2, -0.15) is 0 Å². The second kappa shape index (κ2) is 5.24. The molecule has 0 aliphatic carbocycles. The minimum atomic E-state index is -0.0435. The van der Waals surface area contributed by atoms with Gasteiger partial charge in [-0.15, -0.1) is 0 Å². The Morgan fingerprint density at radius 2 is 2.00 bits per heavy atom. The normalized spacial score (nSPS) is 12.6. The van der Waals surface area contributed by atoms with E-state index < -0.39 is 0 Å². The molecule has 0 aliphatic heterocycles. The van der Waals surface area contributed by atoms with Crippen LogP contribution < -0.4 is 11.1 Å². The Morgan fingerprint density at radius 3 is 2.87 bits per heavy atom. The van der Waals surface area contributed by atoms with E-state index >= 15 is 0 Å². The van der Waals surface area contributed by atoms with E-state index in [2.05, 4.69) is 20.3 Å². The van der Waals surface area contributed by atoms with Crippen LogP contribution in [0.25, 0.3) is 22.0 Å². The Hall–Kier alpha value is -3.15. The van der Waals surface area contributed by atoms with Crippen LogP contribution in [-0.2, 0) is 0 Å². The second-order valence-corrected chi connectivity index (χ2v) is 5.38. The molecule has 0 unspecified atom stereocenters. The summed E-state index contributed by atoms with van der Waals surface area (Å²) in [6.45, 7) is 2.02. The van der Waals surface area contributed by atoms with Crippen LogP contribution >= 0.6 is 0 Å². The number of para-hydroxylation sites is 1. The third-order valence-corrected chi connectivity index (χ3v) is 3.74. The maximum absolute atomic E-state index is 5.89. The molecule has 114 valence electrons. The van der Waals surface area contributed by atoms with Crippen molar-refractivity contribution in [3.63, 3.8) is 0 Å². The number of rotatable bonds is 3. The molecule has 3 aromatic heterocycles. The minimum absolute atomic E-state index is 0.0435. The van der Waals surface area contributed by atoms with E-state index in [1.807, 2.05) is 43.3 Å². The largest absolute Gasteiger partial charge is 0.459 e. The third kappa shape index (κ3) is 2.44. The molecule has 6 nitrogen and oxygen atoms in total. The zero-order valence-corrected chi connectivity index (χ0v) is 12.5. The molecule has 0 aliphatic rings. The van der Waals surface area contributed by atoms with Crippen LogP contribution in [0.2, 0.25) is 0 Å². The van der Waals surface area contributed by atoms with Gasteiger partial charge in [-0.05, 0) is 31.2 Å². The smallest absolute Gasteiger partial charge is 0.166 e. The number of hydrogen-bond acceptors (Lipinski definition) is 6. The first-order valence-corrected chi connectivity index (χ1v) is 7.33. The molecule has 0 saturated heterocycles. The number of nitrogen functional groups attached to an aromatic ring is 1. The quantitative estimate of drug-likeness (QED) is 0.602. The number of aromatic nitrogens is 3. The molecule has 0 amide bonds. The number of nitrogens with zero attached hydrogens (tertiary/aromatic N) is 3. The summed E-state index contributed by atoms with van der Waals surface area (Å²) in [4.78, 5) is 12.7. The summed E-state index contributed by atoms with van der Waals surface area (Å²) >= 11 is 0. The monoisotopic (exact) mass is 305 g/mol. The van der Waals surface area contributed by atoms with Gasteiger partial charge in [0.25, 0.3) is 0 Å². The lowest BCUT2D eigenvalue weighted by molar-refractivity contribution is 0.526. The molecule has 6 heteroatoms. The highest BCUT2D eigenvalue weighted by Crippen LogP contribution is 2.27. The summed E-state index contributed by atoms with van der Waals surface area (Å²) in [7, 11) is 0. The van der Waals surface area contributed by atoms with Crippen molar-refractivity contribution in [2.24, 2.45) is 0 Å². The number of hydrogen-bond donors (Lipinski definition) is 2. The average Bonchev–Trinajstić information content (AvgIpc) is 2.99. The van der Waals surface area contributed by atoms with E-state index in [-0.39, 0.29) is 6.04 Å². The van der Waals surface area contributed by atoms with E-state index in [9.17, 15) is 0 Å². The van der Waals surface area contributed by atoms with Crippen LogP contribution in [-0.4, -0.2) is 15.0 Å². The summed E-state index contributed by atoms with van der Waals surface area (Å²) in [5, 5.41) is 5.26. The highest BCUT2D eigenvalue weighted by atomic mass is 16.3. The Labute approximate surface area is 132 Å². The van der Waals surface area contributed by atoms with Crippen LogP contribution in [0.1, 0.15) is 18.7 Å². The van der Waals surface area contributed by atoms with Crippen molar-refractivity contribution in [3.8, 4) is 0 Å². The number of benzene rings is 1. The molecular formula is C17H15N5O. The van der Waals surface area contributed by atoms with Crippen LogP contribution in [0, 0.1) is 0 Å². The third-order valence-electron chi connectivity index (χ3n) is 3.74. The predicted octanol–water partition coefficient (Wildman–Crippen LogP) is 3.53. The molecule has 0 bridgehead atoms. The predicted molar refractivity (Wildman–Crippen MR) is 90.0 cm³/mol. The molecule has 1 aromatic carbocycles. The number of nitrogens with one attached hydrogen (secondary N) is 1. The van der Waals surface area contributed by atoms with Gasteiger partial charge in [0, 0.05) is 5.39 Å². The average molecular weight is 305 g/mol. The Kier molecular flexibility index (Phi) is 3.08. The summed E-state index contributed by atoms with van der Waals surface area (Å²) in [5.74, 6) is 1.99. The van der Waals surface area contributed by atoms with E-state index in [4.69, 9.17) is 10.2 Å². The minimum Gasteiger partial charge on any atom is -0.459 e. The van der Waals surface area contributed by atoms with Gasteiger partial charge in [0.05, 0.1) is 11.4 Å². The van der Waals surface area contributed by atoms with Gasteiger partial charge in [0.2, 0.25) is 0 Å². The van der Waals surface area contributed by atoms with E-state index in [1.165, 1.54) is 6.33 Å². The fourth-order valence-electron chi connectivity index (χ4n) is 2.56. The number of nitrogens with two attached hydrogens (primary N) is 1. The maximum Gasteiger partial charge on any atom is 0.166 e. The standard InChI is InChI=1S/C17H15N5O/c1-10(14-8-11-4-2-3-5-13(11)23-14)21-16-12-6-7-15(18)22-17(12)20-9-19-16/h2-10H,1H3,(H3,18,19,20,21,22)/t10-/m1/s1. The van der Waals surface area contributed by atoms with E-state index in [0.717, 1.165) is 22.1 Å². The highest BCUT2D eigenvalue weighted by Gasteiger charge is 2.14. The topological polar surface area (TPSA) is 89.9 Å². The zero-order chi connectivity index (χ0) is 15.8. The summed E-state index contributed by atoms with van der Waals surface area (Å²) in [6.07, 6.45) is 1.47. The molecule has 0 radical (unpaired) electrons. The summed E-state index contributed by atoms with van der Waals surface area (Å²) in [6, 6.07) is 13.5. The van der Waals surface area contributed by atoms with Gasteiger partial charge in [-0.25, -0.2) is 15.0 Å². The van der Waals surface area contributed by atoms with Crippen molar-refractivity contribution >= 4 is 33.6 Å². The number of pyridine rings is 1. The Morgan fingerprint density at radius 1 is 1.13 bits per heavy atom. The first-order valence-electron chi connectivity index (χ1n) is 7.33. The van der Waals surface area contributed by atoms with Crippen molar-refractivity contribution in [3.05, 3.63) is 54.6 Å². The van der Waals surface area contributed by atoms with Gasteiger partial charge in [-0.1, -0.05) is 18.2 Å². The van der Waals surface area contributed by atoms with Gasteiger partial charge in [-0.3, -0.25) is 0 Å². The fraction of sp³-hybridized carbons (Fsp3) is 0.118. The SMILES string of the molecule is C[C@@H](Nc1ncnc2nc(N)ccc12)c1cc2ccccc2o1. The molecule has 3 heterocycles. The lowest BCUT2D eigenvalue weighted by Crippen LogP contribution is -2.08. The molecule has 23 heavy (non-hydrogen) atoms. The van der Waals surface area contributed by atoms with Crippen molar-refractivity contribution < 1.29 is 4.42 Å². The van der Waals surface area contributed by atoms with E-state index in [1.54, 1.807) is 6.07 Å². The van der Waals surface area contributed by atoms with Gasteiger partial charge in [0.15, 0.2) is 5.65 Å². The molecule has 3 N–H and O–H groups in total. The van der Waals surface area contributed by atoms with Crippen LogP contribution in [0.15, 0.2) is 53.2 Å². The van der Waals surface area contributed by atoms with Crippen LogP contribution in [0.4, 0.5) is 11.6 Å². The highest BCUT2D eigenvalue weighted by molar-refractivity contribution is 5.87. The van der Waals surface area contributed by atoms with E-state index in [0.29, 0.717) is 17.3 Å². The van der Waals surface area contributed by atoms with Crippen LogP contribution in [0.3, 0.4) is 0 Å². The van der Waals surface area contributed by atoms with Crippen molar-refractivity contribution in [1.29, 1.82) is 0 Å². The summed E-state index contributed by atoms with van der Waals surface area (Å²) in [5.41, 5.74) is 7.14. The molecule has 0 saturated carbocycles. The number of furan rings is 1. The molecule has 0 fully saturated rings. The van der Waals surface area contributed by atoms with Crippen molar-refractivity contribution in [1.82, 2.24) is 15.0 Å². The van der Waals surface area contributed by atoms with Crippen molar-refractivity contribution in [2.75, 3.05) is 11.1 Å². The van der Waals surface area contributed by atoms with Crippen LogP contribution in [0.5, 0.6) is 0 Å². The Bertz CT molecular complexity index is 962. The number of anilines is 2. The zero-order valence-electron chi connectivity index (χ0n) is 12.5. The first-order chi connectivity index (χ1) is 11.2. The van der Waals surface area contributed by atoms with Gasteiger partial charge in [0.1, 0.15) is 29.3 Å². The lowest BCUT2D eigenvalue weighted by atomic mass is 10.2. The second-order valence-electron chi connectivity index (χ2n) is 5.38. The van der Waals surface area contributed by atoms with Gasteiger partial charge < -0.3 is 15.5 Å². The summed E-state index contributed by atoms with van der Waals surface area (Å²) < 4.78 is 5.89. The molecule has 4 rings (SSSR count). The molecule has 0 spiro atoms. The first kappa shape index (κ1) is 13.5. The Balaban J connectivity index is 1.69. The molecular weight excluding hydrogens is 290 g/mol. The molecule has 1 atom stereocenters. The van der Waals surface area contributed by atoms with Crippen molar-refractivity contribution in [2.45, 2.75) is 13.0 Å². The lowest BCUT2D eigenvalue weighted by Gasteiger charge is -2.13. The fourth-order valence-corrected chi connectivity index (χ4v) is 2.56.